The first kappa shape index (κ1) is 14.3. The summed E-state index contributed by atoms with van der Waals surface area (Å²) in [6.45, 7) is 3.37. The highest BCUT2D eigenvalue weighted by Gasteiger charge is 2.44. The van der Waals surface area contributed by atoms with Crippen LogP contribution < -0.4 is 4.72 Å². The molecule has 19 heavy (non-hydrogen) atoms. The molecule has 2 rings (SSSR count). The van der Waals surface area contributed by atoms with Gasteiger partial charge in [-0.05, 0) is 13.8 Å². The number of nitrogens with zero attached hydrogens (tertiary/aromatic N) is 2. The van der Waals surface area contributed by atoms with E-state index in [1.54, 1.807) is 13.8 Å². The molecule has 0 radical (unpaired) electrons. The Bertz CT molecular complexity index is 533. The SMILES string of the molecule is COS(=O)(=O)NC1OC(C)(C)OC1c1cncnc1. The Morgan fingerprint density at radius 1 is 1.32 bits per heavy atom. The van der Waals surface area contributed by atoms with Crippen LogP contribution in [0.1, 0.15) is 25.5 Å². The largest absolute Gasteiger partial charge is 0.338 e. The van der Waals surface area contributed by atoms with E-state index in [1.165, 1.54) is 18.7 Å². The molecule has 0 aliphatic carbocycles. The van der Waals surface area contributed by atoms with Crippen LogP contribution in [0.3, 0.4) is 0 Å². The molecule has 2 atom stereocenters. The molecular weight excluding hydrogens is 274 g/mol. The van der Waals surface area contributed by atoms with Crippen LogP contribution in [0.25, 0.3) is 0 Å². The maximum Gasteiger partial charge on any atom is 0.337 e. The Balaban J connectivity index is 2.25. The van der Waals surface area contributed by atoms with Gasteiger partial charge in [-0.2, -0.15) is 13.1 Å². The normalized spacial score (nSPS) is 26.5. The van der Waals surface area contributed by atoms with Crippen molar-refractivity contribution in [3.8, 4) is 0 Å². The third kappa shape index (κ3) is 3.45. The summed E-state index contributed by atoms with van der Waals surface area (Å²) in [5.41, 5.74) is 0.608. The number of hydrogen-bond donors (Lipinski definition) is 1. The van der Waals surface area contributed by atoms with Crippen molar-refractivity contribution in [3.05, 3.63) is 24.3 Å². The van der Waals surface area contributed by atoms with Gasteiger partial charge in [0, 0.05) is 18.0 Å². The molecule has 2 unspecified atom stereocenters. The molecule has 9 heteroatoms. The molecule has 1 aromatic heterocycles. The third-order valence-electron chi connectivity index (χ3n) is 2.49. The van der Waals surface area contributed by atoms with Crippen molar-refractivity contribution in [3.63, 3.8) is 0 Å². The zero-order valence-corrected chi connectivity index (χ0v) is 11.5. The summed E-state index contributed by atoms with van der Waals surface area (Å²) in [6.07, 6.45) is 2.89. The molecule has 1 aromatic rings. The Hall–Kier alpha value is -1.13. The number of nitrogens with one attached hydrogen (secondary N) is 1. The summed E-state index contributed by atoms with van der Waals surface area (Å²) in [7, 11) is -2.83. The van der Waals surface area contributed by atoms with E-state index in [2.05, 4.69) is 18.9 Å². The van der Waals surface area contributed by atoms with Crippen LogP contribution >= 0.6 is 0 Å². The summed E-state index contributed by atoms with van der Waals surface area (Å²) in [4.78, 5) is 7.75. The molecule has 1 saturated heterocycles. The lowest BCUT2D eigenvalue weighted by atomic mass is 10.2. The molecule has 0 spiro atoms. The minimum Gasteiger partial charge on any atom is -0.338 e. The lowest BCUT2D eigenvalue weighted by molar-refractivity contribution is -0.147. The summed E-state index contributed by atoms with van der Waals surface area (Å²) in [6, 6.07) is 0. The Morgan fingerprint density at radius 2 is 1.95 bits per heavy atom. The highest BCUT2D eigenvalue weighted by molar-refractivity contribution is 7.84. The minimum atomic E-state index is -3.89. The van der Waals surface area contributed by atoms with Crippen molar-refractivity contribution in [2.45, 2.75) is 32.0 Å². The van der Waals surface area contributed by atoms with Gasteiger partial charge in [0.25, 0.3) is 0 Å². The van der Waals surface area contributed by atoms with E-state index in [1.807, 2.05) is 0 Å². The third-order valence-corrected chi connectivity index (χ3v) is 3.45. The second-order valence-corrected chi connectivity index (χ2v) is 5.86. The molecule has 106 valence electrons. The Labute approximate surface area is 111 Å². The van der Waals surface area contributed by atoms with Gasteiger partial charge in [0.05, 0.1) is 7.11 Å². The molecule has 0 saturated carbocycles. The fraction of sp³-hybridized carbons (Fsp3) is 0.600. The quantitative estimate of drug-likeness (QED) is 0.839. The second kappa shape index (κ2) is 5.10. The van der Waals surface area contributed by atoms with Crippen LogP contribution in [0.5, 0.6) is 0 Å². The van der Waals surface area contributed by atoms with Gasteiger partial charge in [0.2, 0.25) is 0 Å². The molecule has 1 fully saturated rings. The second-order valence-electron chi connectivity index (χ2n) is 4.39. The highest BCUT2D eigenvalue weighted by atomic mass is 32.2. The lowest BCUT2D eigenvalue weighted by Gasteiger charge is -2.17. The minimum absolute atomic E-state index is 0.608. The van der Waals surface area contributed by atoms with Crippen LogP contribution in [-0.4, -0.2) is 37.5 Å². The molecule has 0 amide bonds. The van der Waals surface area contributed by atoms with Gasteiger partial charge in [-0.3, -0.25) is 4.18 Å². The maximum absolute atomic E-state index is 11.4. The number of hydrogen-bond acceptors (Lipinski definition) is 7. The fourth-order valence-corrected chi connectivity index (χ4v) is 2.29. The zero-order chi connectivity index (χ0) is 14.1. The van der Waals surface area contributed by atoms with E-state index in [4.69, 9.17) is 9.47 Å². The first-order chi connectivity index (χ1) is 8.83. The zero-order valence-electron chi connectivity index (χ0n) is 10.7. The molecule has 1 N–H and O–H groups in total. The molecule has 8 nitrogen and oxygen atoms in total. The standard InChI is InChI=1S/C10H15N3O5S/c1-10(2)17-8(7-4-11-6-12-5-7)9(18-10)13-19(14,15)16-3/h4-6,8-9,13H,1-3H3. The van der Waals surface area contributed by atoms with E-state index >= 15 is 0 Å². The molecule has 1 aliphatic heterocycles. The predicted molar refractivity (Wildman–Crippen MR) is 63.9 cm³/mol. The first-order valence-electron chi connectivity index (χ1n) is 5.51. The van der Waals surface area contributed by atoms with Gasteiger partial charge in [-0.25, -0.2) is 9.97 Å². The average molecular weight is 289 g/mol. The van der Waals surface area contributed by atoms with Crippen molar-refractivity contribution in [2.75, 3.05) is 7.11 Å². The highest BCUT2D eigenvalue weighted by Crippen LogP contribution is 2.36. The van der Waals surface area contributed by atoms with Gasteiger partial charge in [0.15, 0.2) is 12.0 Å². The smallest absolute Gasteiger partial charge is 0.337 e. The van der Waals surface area contributed by atoms with E-state index in [9.17, 15) is 8.42 Å². The van der Waals surface area contributed by atoms with Crippen LogP contribution in [0.2, 0.25) is 0 Å². The van der Waals surface area contributed by atoms with Crippen molar-refractivity contribution < 1.29 is 22.1 Å². The van der Waals surface area contributed by atoms with Crippen molar-refractivity contribution in [1.82, 2.24) is 14.7 Å². The Kier molecular flexibility index (Phi) is 3.83. The van der Waals surface area contributed by atoms with Gasteiger partial charge in [-0.1, -0.05) is 0 Å². The predicted octanol–water partition coefficient (Wildman–Crippen LogP) is 0.107. The van der Waals surface area contributed by atoms with Crippen LogP contribution in [0.4, 0.5) is 0 Å². The average Bonchev–Trinajstić information content (AvgIpc) is 2.65. The molecule has 2 heterocycles. The lowest BCUT2D eigenvalue weighted by Crippen LogP contribution is -2.39. The van der Waals surface area contributed by atoms with E-state index < -0.39 is 28.4 Å². The number of rotatable bonds is 4. The van der Waals surface area contributed by atoms with Crippen LogP contribution in [0, 0.1) is 0 Å². The van der Waals surface area contributed by atoms with E-state index in [0.717, 1.165) is 7.11 Å². The van der Waals surface area contributed by atoms with Crippen LogP contribution in [0.15, 0.2) is 18.7 Å². The molecule has 1 aliphatic rings. The van der Waals surface area contributed by atoms with Gasteiger partial charge < -0.3 is 9.47 Å². The first-order valence-corrected chi connectivity index (χ1v) is 6.92. The van der Waals surface area contributed by atoms with Crippen LogP contribution in [-0.2, 0) is 24.0 Å². The number of aromatic nitrogens is 2. The summed E-state index contributed by atoms with van der Waals surface area (Å²) in [5.74, 6) is -0.929. The van der Waals surface area contributed by atoms with Gasteiger partial charge in [0.1, 0.15) is 12.4 Å². The summed E-state index contributed by atoms with van der Waals surface area (Å²) >= 11 is 0. The van der Waals surface area contributed by atoms with Crippen molar-refractivity contribution in [2.24, 2.45) is 0 Å². The Morgan fingerprint density at radius 3 is 2.53 bits per heavy atom. The van der Waals surface area contributed by atoms with Crippen molar-refractivity contribution in [1.29, 1.82) is 0 Å². The van der Waals surface area contributed by atoms with Gasteiger partial charge in [-0.15, -0.1) is 0 Å². The van der Waals surface area contributed by atoms with E-state index in [-0.39, 0.29) is 0 Å². The molecular formula is C10H15N3O5S. The van der Waals surface area contributed by atoms with Gasteiger partial charge >= 0.3 is 10.3 Å². The molecule has 0 aromatic carbocycles. The number of ether oxygens (including phenoxy) is 2. The fourth-order valence-electron chi connectivity index (χ4n) is 1.74. The van der Waals surface area contributed by atoms with Crippen molar-refractivity contribution >= 4 is 10.3 Å². The molecule has 0 bridgehead atoms. The summed E-state index contributed by atoms with van der Waals surface area (Å²) in [5, 5.41) is 0. The van der Waals surface area contributed by atoms with E-state index in [0.29, 0.717) is 5.56 Å². The monoisotopic (exact) mass is 289 g/mol. The summed E-state index contributed by atoms with van der Waals surface area (Å²) < 4.78 is 40.6. The maximum atomic E-state index is 11.4. The topological polar surface area (TPSA) is 99.6 Å².